The molecule has 3 aromatic rings. The Morgan fingerprint density at radius 2 is 2.03 bits per heavy atom. The van der Waals surface area contributed by atoms with Crippen molar-refractivity contribution in [1.29, 1.82) is 0 Å². The highest BCUT2D eigenvalue weighted by molar-refractivity contribution is 6.34. The molecule has 0 unspecified atom stereocenters. The number of hydrogen-bond donors (Lipinski definition) is 1. The molecule has 5 rings (SSSR count). The summed E-state index contributed by atoms with van der Waals surface area (Å²) in [4.78, 5) is 11.5. The van der Waals surface area contributed by atoms with Crippen molar-refractivity contribution in [1.82, 2.24) is 19.7 Å². The molecule has 1 N–H and O–H groups in total. The topological polar surface area (TPSA) is 68.1 Å². The number of ether oxygens (including phenoxy) is 1. The molecule has 0 amide bonds. The second-order valence-electron chi connectivity index (χ2n) is 8.45. The van der Waals surface area contributed by atoms with Crippen LogP contribution in [0.25, 0.3) is 10.9 Å². The molecule has 4 heterocycles. The number of anilines is 3. The Bertz CT molecular complexity index is 1130. The molecule has 0 aliphatic carbocycles. The highest BCUT2D eigenvalue weighted by Gasteiger charge is 2.38. The maximum atomic E-state index is 6.64. The standard InChI is InChI=1S/C23H26Cl2N6O/c1-2-3-8-31-21(25)19(15-27-31)29-22-26-14-16-12-17(24)20(13-18(16)28-22)30-9-6-23(7-10-30)5-4-11-32-23/h2,12-15H,1,3-11H2,(H,26,28,29). The smallest absolute Gasteiger partial charge is 0.227 e. The molecule has 168 valence electrons. The average molecular weight is 473 g/mol. The highest BCUT2D eigenvalue weighted by atomic mass is 35.5. The van der Waals surface area contributed by atoms with Gasteiger partial charge in [0, 0.05) is 37.8 Å². The van der Waals surface area contributed by atoms with Gasteiger partial charge in [-0.25, -0.2) is 9.97 Å². The first kappa shape index (κ1) is 21.5. The van der Waals surface area contributed by atoms with Crippen LogP contribution in [0.4, 0.5) is 17.3 Å². The van der Waals surface area contributed by atoms with Crippen LogP contribution in [-0.4, -0.2) is 45.0 Å². The van der Waals surface area contributed by atoms with E-state index in [0.717, 1.165) is 60.6 Å². The van der Waals surface area contributed by atoms with Crippen molar-refractivity contribution < 1.29 is 4.74 Å². The van der Waals surface area contributed by atoms with Crippen molar-refractivity contribution in [3.63, 3.8) is 0 Å². The SMILES string of the molecule is C=CCCn1ncc(Nc2ncc3cc(Cl)c(N4CCC5(CCCO5)CC4)cc3n2)c1Cl. The largest absolute Gasteiger partial charge is 0.375 e. The molecule has 2 aliphatic heterocycles. The normalized spacial score (nSPS) is 17.9. The summed E-state index contributed by atoms with van der Waals surface area (Å²) in [7, 11) is 0. The molecule has 1 aromatic carbocycles. The third kappa shape index (κ3) is 4.17. The van der Waals surface area contributed by atoms with Gasteiger partial charge in [-0.1, -0.05) is 29.3 Å². The van der Waals surface area contributed by atoms with Crippen LogP contribution in [0.2, 0.25) is 10.2 Å². The third-order valence-corrected chi connectivity index (χ3v) is 7.12. The molecule has 0 bridgehead atoms. The quantitative estimate of drug-likeness (QED) is 0.470. The van der Waals surface area contributed by atoms with E-state index in [1.807, 2.05) is 18.2 Å². The van der Waals surface area contributed by atoms with E-state index in [-0.39, 0.29) is 5.60 Å². The van der Waals surface area contributed by atoms with E-state index in [4.69, 9.17) is 32.9 Å². The lowest BCUT2D eigenvalue weighted by Gasteiger charge is -2.40. The zero-order valence-corrected chi connectivity index (χ0v) is 19.4. The molecule has 2 aromatic heterocycles. The lowest BCUT2D eigenvalue weighted by atomic mass is 9.88. The van der Waals surface area contributed by atoms with Crippen molar-refractivity contribution in [2.24, 2.45) is 0 Å². The maximum absolute atomic E-state index is 6.64. The fourth-order valence-electron chi connectivity index (χ4n) is 4.59. The Morgan fingerprint density at radius 3 is 2.78 bits per heavy atom. The van der Waals surface area contributed by atoms with Gasteiger partial charge < -0.3 is 15.0 Å². The summed E-state index contributed by atoms with van der Waals surface area (Å²) >= 11 is 13.1. The summed E-state index contributed by atoms with van der Waals surface area (Å²) in [6.45, 7) is 7.16. The molecule has 2 fully saturated rings. The lowest BCUT2D eigenvalue weighted by molar-refractivity contribution is -0.0146. The average Bonchev–Trinajstić information content (AvgIpc) is 3.40. The third-order valence-electron chi connectivity index (χ3n) is 6.42. The predicted molar refractivity (Wildman–Crippen MR) is 129 cm³/mol. The van der Waals surface area contributed by atoms with Crippen LogP contribution in [0.15, 0.2) is 37.2 Å². The van der Waals surface area contributed by atoms with Gasteiger partial charge in [0.15, 0.2) is 5.15 Å². The second kappa shape index (κ2) is 8.89. The van der Waals surface area contributed by atoms with Gasteiger partial charge in [0.2, 0.25) is 5.95 Å². The first-order chi connectivity index (χ1) is 15.6. The van der Waals surface area contributed by atoms with Crippen LogP contribution in [0.1, 0.15) is 32.1 Å². The zero-order chi connectivity index (χ0) is 22.1. The van der Waals surface area contributed by atoms with E-state index in [1.54, 1.807) is 17.1 Å². The first-order valence-electron chi connectivity index (χ1n) is 11.0. The lowest BCUT2D eigenvalue weighted by Crippen LogP contribution is -2.44. The fraction of sp³-hybridized carbons (Fsp3) is 0.435. The number of piperidine rings is 1. The van der Waals surface area contributed by atoms with Gasteiger partial charge >= 0.3 is 0 Å². The van der Waals surface area contributed by atoms with Crippen LogP contribution in [0.5, 0.6) is 0 Å². The van der Waals surface area contributed by atoms with E-state index in [2.05, 4.69) is 26.9 Å². The molecule has 2 aliphatic rings. The predicted octanol–water partition coefficient (Wildman–Crippen LogP) is 5.60. The summed E-state index contributed by atoms with van der Waals surface area (Å²) in [6, 6.07) is 3.99. The molecule has 2 saturated heterocycles. The number of aryl methyl sites for hydroxylation is 1. The Balaban J connectivity index is 1.36. The zero-order valence-electron chi connectivity index (χ0n) is 17.9. The monoisotopic (exact) mass is 472 g/mol. The van der Waals surface area contributed by atoms with Gasteiger partial charge in [0.1, 0.15) is 0 Å². The minimum atomic E-state index is 0.0778. The number of nitrogens with one attached hydrogen (secondary N) is 1. The van der Waals surface area contributed by atoms with Gasteiger partial charge in [-0.3, -0.25) is 4.68 Å². The van der Waals surface area contributed by atoms with Crippen molar-refractivity contribution >= 4 is 51.4 Å². The van der Waals surface area contributed by atoms with Gasteiger partial charge in [-0.15, -0.1) is 6.58 Å². The molecule has 0 saturated carbocycles. The van der Waals surface area contributed by atoms with E-state index >= 15 is 0 Å². The summed E-state index contributed by atoms with van der Waals surface area (Å²) < 4.78 is 7.78. The van der Waals surface area contributed by atoms with Gasteiger partial charge in [-0.05, 0) is 44.2 Å². The van der Waals surface area contributed by atoms with E-state index < -0.39 is 0 Å². The molecular weight excluding hydrogens is 447 g/mol. The molecule has 0 radical (unpaired) electrons. The number of rotatable bonds is 6. The van der Waals surface area contributed by atoms with Gasteiger partial charge in [0.05, 0.1) is 33.7 Å². The molecular formula is C23H26Cl2N6O. The van der Waals surface area contributed by atoms with Crippen molar-refractivity contribution in [3.05, 3.63) is 47.4 Å². The number of allylic oxidation sites excluding steroid dienone is 1. The number of nitrogens with zero attached hydrogens (tertiary/aromatic N) is 5. The summed E-state index contributed by atoms with van der Waals surface area (Å²) in [5, 5.41) is 9.62. The highest BCUT2D eigenvalue weighted by Crippen LogP contribution is 2.39. The summed E-state index contributed by atoms with van der Waals surface area (Å²) in [5.41, 5.74) is 2.58. The van der Waals surface area contributed by atoms with E-state index in [9.17, 15) is 0 Å². The molecule has 0 atom stereocenters. The van der Waals surface area contributed by atoms with Crippen LogP contribution < -0.4 is 10.2 Å². The molecule has 7 nitrogen and oxygen atoms in total. The fourth-order valence-corrected chi connectivity index (χ4v) is 5.11. The molecule has 1 spiro atoms. The molecule has 9 heteroatoms. The summed E-state index contributed by atoms with van der Waals surface area (Å²) in [6.07, 6.45) is 10.5. The van der Waals surface area contributed by atoms with Crippen molar-refractivity contribution in [2.45, 2.75) is 44.2 Å². The maximum Gasteiger partial charge on any atom is 0.227 e. The number of halogens is 2. The number of fused-ring (bicyclic) bond motifs is 1. The van der Waals surface area contributed by atoms with Gasteiger partial charge in [-0.2, -0.15) is 5.10 Å². The van der Waals surface area contributed by atoms with Gasteiger partial charge in [0.25, 0.3) is 0 Å². The Kier molecular flexibility index (Phi) is 5.97. The number of aromatic nitrogens is 4. The van der Waals surface area contributed by atoms with Crippen molar-refractivity contribution in [2.75, 3.05) is 29.9 Å². The molecule has 32 heavy (non-hydrogen) atoms. The van der Waals surface area contributed by atoms with Crippen LogP contribution in [0.3, 0.4) is 0 Å². The second-order valence-corrected chi connectivity index (χ2v) is 9.22. The minimum absolute atomic E-state index is 0.0778. The van der Waals surface area contributed by atoms with Crippen LogP contribution in [0, 0.1) is 0 Å². The Hall–Kier alpha value is -2.35. The van der Waals surface area contributed by atoms with Crippen LogP contribution in [-0.2, 0) is 11.3 Å². The Labute approximate surface area is 197 Å². The number of hydrogen-bond acceptors (Lipinski definition) is 6. The summed E-state index contributed by atoms with van der Waals surface area (Å²) in [5.74, 6) is 0.466. The Morgan fingerprint density at radius 1 is 1.19 bits per heavy atom. The first-order valence-corrected chi connectivity index (χ1v) is 11.8. The van der Waals surface area contributed by atoms with Crippen molar-refractivity contribution in [3.8, 4) is 0 Å². The van der Waals surface area contributed by atoms with Crippen LogP contribution >= 0.6 is 23.2 Å². The van der Waals surface area contributed by atoms with E-state index in [0.29, 0.717) is 23.3 Å². The van der Waals surface area contributed by atoms with E-state index in [1.165, 1.54) is 12.8 Å². The minimum Gasteiger partial charge on any atom is -0.375 e. The number of benzene rings is 1.